The summed E-state index contributed by atoms with van der Waals surface area (Å²) in [6, 6.07) is 0.794. The van der Waals surface area contributed by atoms with E-state index in [0.717, 1.165) is 12.0 Å². The lowest BCUT2D eigenvalue weighted by molar-refractivity contribution is 0.0382. The Balaban J connectivity index is 1.99. The summed E-state index contributed by atoms with van der Waals surface area (Å²) >= 11 is 0. The van der Waals surface area contributed by atoms with Crippen molar-refractivity contribution in [3.63, 3.8) is 0 Å². The van der Waals surface area contributed by atoms with Crippen LogP contribution in [0.4, 0.5) is 0 Å². The topological polar surface area (TPSA) is 15.3 Å². The zero-order chi connectivity index (χ0) is 13.0. The van der Waals surface area contributed by atoms with Crippen molar-refractivity contribution in [3.8, 4) is 0 Å². The molecular weight excluding hydrogens is 220 g/mol. The first kappa shape index (κ1) is 14.3. The smallest absolute Gasteiger partial charge is 0.00927 e. The van der Waals surface area contributed by atoms with E-state index >= 15 is 0 Å². The minimum atomic E-state index is 0.616. The summed E-state index contributed by atoms with van der Waals surface area (Å²) in [5, 5.41) is 3.54. The third kappa shape index (κ3) is 3.27. The molecule has 106 valence electrons. The fraction of sp³-hybridized carbons (Fsp3) is 1.00. The maximum atomic E-state index is 3.54. The maximum absolute atomic E-state index is 3.54. The van der Waals surface area contributed by atoms with Gasteiger partial charge in [0.2, 0.25) is 0 Å². The van der Waals surface area contributed by atoms with Crippen LogP contribution in [0.3, 0.4) is 0 Å². The summed E-state index contributed by atoms with van der Waals surface area (Å²) < 4.78 is 0. The van der Waals surface area contributed by atoms with Crippen LogP contribution >= 0.6 is 0 Å². The van der Waals surface area contributed by atoms with Crippen LogP contribution in [-0.4, -0.2) is 37.1 Å². The molecule has 2 nitrogen and oxygen atoms in total. The van der Waals surface area contributed by atoms with E-state index in [-0.39, 0.29) is 0 Å². The number of likely N-dealkylation sites (tertiary alicyclic amines) is 1. The summed E-state index contributed by atoms with van der Waals surface area (Å²) in [4.78, 5) is 2.80. The number of rotatable bonds is 4. The first-order chi connectivity index (χ1) is 8.67. The van der Waals surface area contributed by atoms with E-state index in [9.17, 15) is 0 Å². The van der Waals surface area contributed by atoms with Crippen molar-refractivity contribution in [1.82, 2.24) is 10.2 Å². The van der Waals surface area contributed by atoms with Gasteiger partial charge in [-0.25, -0.2) is 0 Å². The fourth-order valence-corrected chi connectivity index (χ4v) is 4.05. The van der Waals surface area contributed by atoms with Crippen molar-refractivity contribution in [2.45, 2.75) is 65.3 Å². The van der Waals surface area contributed by atoms with Gasteiger partial charge in [0.15, 0.2) is 0 Å². The summed E-state index contributed by atoms with van der Waals surface area (Å²) in [5.74, 6) is 0.888. The van der Waals surface area contributed by atoms with Gasteiger partial charge in [0, 0.05) is 12.6 Å². The SMILES string of the molecule is CCCC1(CN2CCCC(C)C2C)CCNCC1. The summed E-state index contributed by atoms with van der Waals surface area (Å²) in [6.07, 6.45) is 8.38. The molecule has 2 unspecified atom stereocenters. The van der Waals surface area contributed by atoms with Crippen LogP contribution in [0.5, 0.6) is 0 Å². The normalized spacial score (nSPS) is 33.5. The van der Waals surface area contributed by atoms with Crippen molar-refractivity contribution >= 4 is 0 Å². The van der Waals surface area contributed by atoms with Gasteiger partial charge in [0.05, 0.1) is 0 Å². The van der Waals surface area contributed by atoms with E-state index in [1.165, 1.54) is 64.7 Å². The number of nitrogens with one attached hydrogen (secondary N) is 1. The molecule has 2 aliphatic rings. The average Bonchev–Trinajstić information content (AvgIpc) is 2.36. The number of nitrogens with zero attached hydrogens (tertiary/aromatic N) is 1. The highest BCUT2D eigenvalue weighted by Gasteiger charge is 2.36. The molecule has 2 saturated heterocycles. The number of hydrogen-bond donors (Lipinski definition) is 1. The Kier molecular flexibility index (Phi) is 5.08. The lowest BCUT2D eigenvalue weighted by Crippen LogP contribution is -2.50. The molecule has 0 aliphatic carbocycles. The van der Waals surface area contributed by atoms with E-state index in [0.29, 0.717) is 5.41 Å². The second kappa shape index (κ2) is 6.38. The van der Waals surface area contributed by atoms with Crippen molar-refractivity contribution in [2.24, 2.45) is 11.3 Å². The molecule has 0 bridgehead atoms. The molecule has 0 saturated carbocycles. The van der Waals surface area contributed by atoms with Crippen LogP contribution in [0.1, 0.15) is 59.3 Å². The van der Waals surface area contributed by atoms with E-state index in [1.807, 2.05) is 0 Å². The Morgan fingerprint density at radius 3 is 2.61 bits per heavy atom. The van der Waals surface area contributed by atoms with E-state index in [4.69, 9.17) is 0 Å². The number of piperidine rings is 2. The highest BCUT2D eigenvalue weighted by atomic mass is 15.2. The monoisotopic (exact) mass is 252 g/mol. The van der Waals surface area contributed by atoms with Crippen LogP contribution in [0.25, 0.3) is 0 Å². The molecule has 0 aromatic carbocycles. The van der Waals surface area contributed by atoms with E-state index < -0.39 is 0 Å². The van der Waals surface area contributed by atoms with Crippen molar-refractivity contribution in [3.05, 3.63) is 0 Å². The maximum Gasteiger partial charge on any atom is 0.00927 e. The molecule has 0 amide bonds. The molecule has 0 spiro atoms. The molecule has 2 fully saturated rings. The summed E-state index contributed by atoms with van der Waals surface area (Å²) in [6.45, 7) is 12.4. The highest BCUT2D eigenvalue weighted by molar-refractivity contribution is 4.90. The van der Waals surface area contributed by atoms with Gasteiger partial charge in [-0.3, -0.25) is 4.90 Å². The van der Waals surface area contributed by atoms with E-state index in [1.54, 1.807) is 0 Å². The van der Waals surface area contributed by atoms with Gasteiger partial charge in [0.1, 0.15) is 0 Å². The van der Waals surface area contributed by atoms with Gasteiger partial charge in [-0.15, -0.1) is 0 Å². The fourth-order valence-electron chi connectivity index (χ4n) is 4.05. The first-order valence-electron chi connectivity index (χ1n) is 8.12. The van der Waals surface area contributed by atoms with Gasteiger partial charge < -0.3 is 5.32 Å². The Morgan fingerprint density at radius 1 is 1.22 bits per heavy atom. The van der Waals surface area contributed by atoms with Crippen molar-refractivity contribution in [1.29, 1.82) is 0 Å². The minimum absolute atomic E-state index is 0.616. The first-order valence-corrected chi connectivity index (χ1v) is 8.12. The lowest BCUT2D eigenvalue weighted by Gasteiger charge is -2.46. The molecule has 0 aromatic heterocycles. The van der Waals surface area contributed by atoms with Crippen molar-refractivity contribution in [2.75, 3.05) is 26.2 Å². The molecule has 0 radical (unpaired) electrons. The van der Waals surface area contributed by atoms with Gasteiger partial charge in [-0.2, -0.15) is 0 Å². The zero-order valence-corrected chi connectivity index (χ0v) is 12.7. The van der Waals surface area contributed by atoms with Crippen LogP contribution in [0.2, 0.25) is 0 Å². The Labute approximate surface area is 114 Å². The largest absolute Gasteiger partial charge is 0.317 e. The molecular formula is C16H32N2. The van der Waals surface area contributed by atoms with Crippen LogP contribution in [0.15, 0.2) is 0 Å². The second-order valence-corrected chi connectivity index (χ2v) is 6.83. The zero-order valence-electron chi connectivity index (χ0n) is 12.7. The average molecular weight is 252 g/mol. The molecule has 18 heavy (non-hydrogen) atoms. The lowest BCUT2D eigenvalue weighted by atomic mass is 9.74. The standard InChI is InChI=1S/C16H32N2/c1-4-7-16(8-10-17-11-9-16)13-18-12-5-6-14(2)15(18)3/h14-15,17H,4-13H2,1-3H3. The molecule has 2 aliphatic heterocycles. The Bertz CT molecular complexity index is 240. The Morgan fingerprint density at radius 2 is 1.94 bits per heavy atom. The van der Waals surface area contributed by atoms with E-state index in [2.05, 4.69) is 31.0 Å². The van der Waals surface area contributed by atoms with Gasteiger partial charge in [-0.05, 0) is 70.0 Å². The predicted octanol–water partition coefficient (Wildman–Crippen LogP) is 3.28. The Hall–Kier alpha value is -0.0800. The van der Waals surface area contributed by atoms with Crippen LogP contribution in [-0.2, 0) is 0 Å². The third-order valence-electron chi connectivity index (χ3n) is 5.49. The van der Waals surface area contributed by atoms with Gasteiger partial charge in [-0.1, -0.05) is 20.3 Å². The second-order valence-electron chi connectivity index (χ2n) is 6.83. The van der Waals surface area contributed by atoms with Crippen LogP contribution < -0.4 is 5.32 Å². The molecule has 0 aromatic rings. The third-order valence-corrected chi connectivity index (χ3v) is 5.49. The van der Waals surface area contributed by atoms with Gasteiger partial charge >= 0.3 is 0 Å². The summed E-state index contributed by atoms with van der Waals surface area (Å²) in [7, 11) is 0. The molecule has 2 heteroatoms. The molecule has 1 N–H and O–H groups in total. The molecule has 2 rings (SSSR count). The summed E-state index contributed by atoms with van der Waals surface area (Å²) in [5.41, 5.74) is 0.616. The van der Waals surface area contributed by atoms with Gasteiger partial charge in [0.25, 0.3) is 0 Å². The van der Waals surface area contributed by atoms with Crippen molar-refractivity contribution < 1.29 is 0 Å². The molecule has 2 heterocycles. The molecule has 2 atom stereocenters. The predicted molar refractivity (Wildman–Crippen MR) is 78.9 cm³/mol. The number of hydrogen-bond acceptors (Lipinski definition) is 2. The minimum Gasteiger partial charge on any atom is -0.317 e. The quantitative estimate of drug-likeness (QED) is 0.826. The highest BCUT2D eigenvalue weighted by Crippen LogP contribution is 2.37. The van der Waals surface area contributed by atoms with Crippen LogP contribution in [0, 0.1) is 11.3 Å².